The second-order valence-corrected chi connectivity index (χ2v) is 5.77. The van der Waals surface area contributed by atoms with Gasteiger partial charge in [0.25, 0.3) is 5.91 Å². The Morgan fingerprint density at radius 1 is 1.07 bits per heavy atom. The van der Waals surface area contributed by atoms with Gasteiger partial charge in [0.15, 0.2) is 6.61 Å². The third kappa shape index (κ3) is 7.23. The zero-order valence-electron chi connectivity index (χ0n) is 15.3. The van der Waals surface area contributed by atoms with Crippen molar-refractivity contribution < 1.29 is 27.4 Å². The summed E-state index contributed by atoms with van der Waals surface area (Å²) in [6.45, 7) is 2.45. The number of alkyl halides is 3. The summed E-state index contributed by atoms with van der Waals surface area (Å²) in [5.74, 6) is 6.07. The van der Waals surface area contributed by atoms with E-state index in [0.717, 1.165) is 24.3 Å². The molecule has 7 heteroatoms. The van der Waals surface area contributed by atoms with Gasteiger partial charge < -0.3 is 14.8 Å². The zero-order chi connectivity index (χ0) is 20.4. The first-order valence-corrected chi connectivity index (χ1v) is 8.67. The second kappa shape index (κ2) is 10.3. The molecular formula is C21H20F3NO3. The number of amides is 1. The molecule has 0 aliphatic carbocycles. The van der Waals surface area contributed by atoms with Gasteiger partial charge in [-0.15, -0.1) is 0 Å². The maximum atomic E-state index is 12.6. The highest BCUT2D eigenvalue weighted by Gasteiger charge is 2.30. The number of hydrogen-bond donors (Lipinski definition) is 1. The predicted molar refractivity (Wildman–Crippen MR) is 99.1 cm³/mol. The first-order valence-electron chi connectivity index (χ1n) is 8.67. The molecule has 0 saturated heterocycles. The highest BCUT2D eigenvalue weighted by molar-refractivity contribution is 5.77. The molecule has 0 aliphatic heterocycles. The molecule has 1 amide bonds. The maximum Gasteiger partial charge on any atom is 0.416 e. The van der Waals surface area contributed by atoms with Crippen molar-refractivity contribution in [3.63, 3.8) is 0 Å². The lowest BCUT2D eigenvalue weighted by Crippen LogP contribution is -2.29. The molecule has 0 spiro atoms. The molecule has 2 aromatic carbocycles. The molecule has 0 heterocycles. The highest BCUT2D eigenvalue weighted by atomic mass is 19.4. The maximum absolute atomic E-state index is 12.6. The lowest BCUT2D eigenvalue weighted by Gasteiger charge is -2.08. The van der Waals surface area contributed by atoms with E-state index in [1.165, 1.54) is 12.1 Å². The molecule has 0 fully saturated rings. The predicted octanol–water partition coefficient (Wildman–Crippen LogP) is 4.04. The molecule has 4 nitrogen and oxygen atoms in total. The van der Waals surface area contributed by atoms with Gasteiger partial charge >= 0.3 is 6.18 Å². The fourth-order valence-corrected chi connectivity index (χ4v) is 2.11. The Balaban J connectivity index is 1.76. The first kappa shape index (κ1) is 21.2. The lowest BCUT2D eigenvalue weighted by atomic mass is 10.1. The number of rotatable bonds is 7. The van der Waals surface area contributed by atoms with Crippen LogP contribution < -0.4 is 14.8 Å². The Morgan fingerprint density at radius 2 is 1.75 bits per heavy atom. The van der Waals surface area contributed by atoms with Crippen LogP contribution in [0.15, 0.2) is 48.5 Å². The Bertz CT molecular complexity index is 836. The van der Waals surface area contributed by atoms with Crippen LogP contribution in [-0.4, -0.2) is 25.7 Å². The van der Waals surface area contributed by atoms with Crippen molar-refractivity contribution in [2.45, 2.75) is 19.5 Å². The molecule has 2 aromatic rings. The van der Waals surface area contributed by atoms with Crippen molar-refractivity contribution in [1.82, 2.24) is 5.32 Å². The third-order valence-corrected chi connectivity index (χ3v) is 3.46. The standard InChI is InChI=1S/C21H20F3NO3/c1-2-13-27-18-8-10-19(11-9-18)28-15-20(26)25-12-4-6-16-5-3-7-17(14-16)21(22,23)24/h3,5,7-11,14H,2,12-13,15H2,1H3,(H,25,26). The van der Waals surface area contributed by atoms with Crippen molar-refractivity contribution in [3.8, 4) is 23.3 Å². The van der Waals surface area contributed by atoms with Gasteiger partial charge in [-0.3, -0.25) is 4.79 Å². The van der Waals surface area contributed by atoms with Crippen LogP contribution in [-0.2, 0) is 11.0 Å². The van der Waals surface area contributed by atoms with E-state index in [1.54, 1.807) is 24.3 Å². The lowest BCUT2D eigenvalue weighted by molar-refractivity contribution is -0.137. The molecular weight excluding hydrogens is 371 g/mol. The Labute approximate surface area is 161 Å². The molecule has 0 bridgehead atoms. The summed E-state index contributed by atoms with van der Waals surface area (Å²) < 4.78 is 48.7. The Kier molecular flexibility index (Phi) is 7.76. The van der Waals surface area contributed by atoms with E-state index in [9.17, 15) is 18.0 Å². The van der Waals surface area contributed by atoms with Crippen LogP contribution in [0.2, 0.25) is 0 Å². The SMILES string of the molecule is CCCOc1ccc(OCC(=O)NCC#Cc2cccc(C(F)(F)F)c2)cc1. The van der Waals surface area contributed by atoms with Crippen LogP contribution in [0.25, 0.3) is 0 Å². The van der Waals surface area contributed by atoms with E-state index >= 15 is 0 Å². The van der Waals surface area contributed by atoms with Gasteiger partial charge in [0.2, 0.25) is 0 Å². The Hall–Kier alpha value is -3.14. The number of carbonyl (C=O) groups is 1. The van der Waals surface area contributed by atoms with Gasteiger partial charge in [-0.05, 0) is 48.9 Å². The smallest absolute Gasteiger partial charge is 0.416 e. The van der Waals surface area contributed by atoms with Crippen LogP contribution in [0.1, 0.15) is 24.5 Å². The first-order chi connectivity index (χ1) is 13.4. The van der Waals surface area contributed by atoms with Gasteiger partial charge in [0.1, 0.15) is 11.5 Å². The van der Waals surface area contributed by atoms with Gasteiger partial charge in [-0.2, -0.15) is 13.2 Å². The van der Waals surface area contributed by atoms with Gasteiger partial charge in [-0.1, -0.05) is 24.8 Å². The summed E-state index contributed by atoms with van der Waals surface area (Å²) in [7, 11) is 0. The van der Waals surface area contributed by atoms with Crippen molar-refractivity contribution in [1.29, 1.82) is 0 Å². The quantitative estimate of drug-likeness (QED) is 0.725. The van der Waals surface area contributed by atoms with Crippen LogP contribution in [0.4, 0.5) is 13.2 Å². The van der Waals surface area contributed by atoms with Crippen LogP contribution >= 0.6 is 0 Å². The van der Waals surface area contributed by atoms with E-state index < -0.39 is 11.7 Å². The summed E-state index contributed by atoms with van der Waals surface area (Å²) in [5.41, 5.74) is -0.534. The average Bonchev–Trinajstić information content (AvgIpc) is 2.68. The second-order valence-electron chi connectivity index (χ2n) is 5.77. The molecule has 28 heavy (non-hydrogen) atoms. The minimum Gasteiger partial charge on any atom is -0.494 e. The largest absolute Gasteiger partial charge is 0.494 e. The minimum atomic E-state index is -4.41. The summed E-state index contributed by atoms with van der Waals surface area (Å²) in [6.07, 6.45) is -3.50. The summed E-state index contributed by atoms with van der Waals surface area (Å²) >= 11 is 0. The number of hydrogen-bond acceptors (Lipinski definition) is 3. The number of benzene rings is 2. The molecule has 0 radical (unpaired) electrons. The van der Waals surface area contributed by atoms with Crippen molar-refractivity contribution in [2.75, 3.05) is 19.8 Å². The van der Waals surface area contributed by atoms with E-state index in [0.29, 0.717) is 12.4 Å². The van der Waals surface area contributed by atoms with Crippen LogP contribution in [0.5, 0.6) is 11.5 Å². The monoisotopic (exact) mass is 391 g/mol. The molecule has 0 atom stereocenters. The van der Waals surface area contributed by atoms with E-state index in [2.05, 4.69) is 17.2 Å². The number of nitrogens with one attached hydrogen (secondary N) is 1. The third-order valence-electron chi connectivity index (χ3n) is 3.46. The van der Waals surface area contributed by atoms with Crippen molar-refractivity contribution in [3.05, 3.63) is 59.7 Å². The van der Waals surface area contributed by atoms with E-state index in [4.69, 9.17) is 9.47 Å². The van der Waals surface area contributed by atoms with E-state index in [-0.39, 0.29) is 24.6 Å². The summed E-state index contributed by atoms with van der Waals surface area (Å²) in [6, 6.07) is 11.6. The number of halogens is 3. The van der Waals surface area contributed by atoms with Crippen LogP contribution in [0, 0.1) is 11.8 Å². The van der Waals surface area contributed by atoms with Gasteiger partial charge in [0.05, 0.1) is 18.7 Å². The Morgan fingerprint density at radius 3 is 2.39 bits per heavy atom. The molecule has 2 rings (SSSR count). The topological polar surface area (TPSA) is 47.6 Å². The fraction of sp³-hybridized carbons (Fsp3) is 0.286. The molecule has 0 saturated carbocycles. The van der Waals surface area contributed by atoms with E-state index in [1.807, 2.05) is 6.92 Å². The molecule has 148 valence electrons. The van der Waals surface area contributed by atoms with Gasteiger partial charge in [0, 0.05) is 5.56 Å². The summed E-state index contributed by atoms with van der Waals surface area (Å²) in [4.78, 5) is 11.7. The molecule has 1 N–H and O–H groups in total. The number of ether oxygens (including phenoxy) is 2. The summed E-state index contributed by atoms with van der Waals surface area (Å²) in [5, 5.41) is 2.52. The van der Waals surface area contributed by atoms with Crippen molar-refractivity contribution >= 4 is 5.91 Å². The average molecular weight is 391 g/mol. The zero-order valence-corrected chi connectivity index (χ0v) is 15.3. The van der Waals surface area contributed by atoms with Gasteiger partial charge in [-0.25, -0.2) is 0 Å². The molecule has 0 aromatic heterocycles. The normalized spacial score (nSPS) is 10.6. The minimum absolute atomic E-state index is 0.00222. The molecule has 0 unspecified atom stereocenters. The molecule has 0 aliphatic rings. The number of carbonyl (C=O) groups excluding carboxylic acids is 1. The fourth-order valence-electron chi connectivity index (χ4n) is 2.11. The highest BCUT2D eigenvalue weighted by Crippen LogP contribution is 2.29. The van der Waals surface area contributed by atoms with Crippen LogP contribution in [0.3, 0.4) is 0 Å². The van der Waals surface area contributed by atoms with Crippen molar-refractivity contribution in [2.24, 2.45) is 0 Å².